The molecule has 40 heavy (non-hydrogen) atoms. The molecule has 0 aliphatic heterocycles. The summed E-state index contributed by atoms with van der Waals surface area (Å²) in [6.07, 6.45) is 0.563. The minimum absolute atomic E-state index is 0.0606. The van der Waals surface area contributed by atoms with Crippen molar-refractivity contribution in [2.75, 3.05) is 6.61 Å². The Labute approximate surface area is 233 Å². The molecule has 3 aromatic carbocycles. The van der Waals surface area contributed by atoms with E-state index in [-0.39, 0.29) is 19.1 Å². The number of alkyl carbamates (subject to hydrolysis) is 1. The van der Waals surface area contributed by atoms with Gasteiger partial charge in [-0.15, -0.1) is 0 Å². The van der Waals surface area contributed by atoms with Crippen LogP contribution in [0.15, 0.2) is 78.9 Å². The third-order valence-corrected chi connectivity index (χ3v) is 7.89. The third kappa shape index (κ3) is 6.02. The molecule has 2 aliphatic rings. The summed E-state index contributed by atoms with van der Waals surface area (Å²) >= 11 is 0. The summed E-state index contributed by atoms with van der Waals surface area (Å²) in [5, 5.41) is 15.3. The maximum atomic E-state index is 13.2. The highest BCUT2D eigenvalue weighted by molar-refractivity contribution is 5.86. The van der Waals surface area contributed by atoms with Gasteiger partial charge < -0.3 is 25.2 Å². The van der Waals surface area contributed by atoms with Crippen molar-refractivity contribution in [3.63, 3.8) is 0 Å². The molecule has 0 saturated heterocycles. The van der Waals surface area contributed by atoms with E-state index in [1.165, 1.54) is 0 Å². The minimum atomic E-state index is -1.22. The predicted molar refractivity (Wildman–Crippen MR) is 150 cm³/mol. The van der Waals surface area contributed by atoms with Crippen molar-refractivity contribution in [3.8, 4) is 11.1 Å². The van der Waals surface area contributed by atoms with Gasteiger partial charge in [0, 0.05) is 12.0 Å². The van der Waals surface area contributed by atoms with Crippen LogP contribution in [0.3, 0.4) is 0 Å². The van der Waals surface area contributed by atoms with E-state index in [1.54, 1.807) is 6.92 Å². The molecule has 5 rings (SSSR count). The van der Waals surface area contributed by atoms with Gasteiger partial charge in [-0.25, -0.2) is 9.59 Å². The molecule has 8 heteroatoms. The lowest BCUT2D eigenvalue weighted by molar-refractivity contribution is -0.147. The molecule has 0 heterocycles. The summed E-state index contributed by atoms with van der Waals surface area (Å²) in [5.74, 6) is -2.20. The van der Waals surface area contributed by atoms with Crippen LogP contribution in [0.4, 0.5) is 4.79 Å². The average molecular weight is 543 g/mol. The smallest absolute Gasteiger partial charge is 0.407 e. The van der Waals surface area contributed by atoms with Gasteiger partial charge in [0.05, 0.1) is 18.6 Å². The molecule has 0 spiro atoms. The Hall–Kier alpha value is -4.17. The number of carboxylic acids is 1. The number of rotatable bonds is 10. The van der Waals surface area contributed by atoms with Crippen molar-refractivity contribution >= 4 is 18.0 Å². The van der Waals surface area contributed by atoms with E-state index in [0.717, 1.165) is 34.2 Å². The van der Waals surface area contributed by atoms with Crippen LogP contribution in [-0.2, 0) is 25.7 Å². The fourth-order valence-corrected chi connectivity index (χ4v) is 5.78. The number of ether oxygens (including phenoxy) is 2. The average Bonchev–Trinajstić information content (AvgIpc) is 3.56. The highest BCUT2D eigenvalue weighted by atomic mass is 16.5. The molecule has 1 fully saturated rings. The Balaban J connectivity index is 1.16. The second-order valence-electron chi connectivity index (χ2n) is 10.4. The Morgan fingerprint density at radius 2 is 1.52 bits per heavy atom. The molecular weight excluding hydrogens is 508 g/mol. The maximum Gasteiger partial charge on any atom is 0.407 e. The van der Waals surface area contributed by atoms with Crippen molar-refractivity contribution in [2.24, 2.45) is 5.92 Å². The number of carbonyl (C=O) groups excluding carboxylic acids is 2. The van der Waals surface area contributed by atoms with Gasteiger partial charge in [-0.3, -0.25) is 4.79 Å². The molecule has 2 aliphatic carbocycles. The maximum absolute atomic E-state index is 13.2. The monoisotopic (exact) mass is 542 g/mol. The number of carboxylic acid groups (broad SMARTS) is 1. The highest BCUT2D eigenvalue weighted by Gasteiger charge is 2.38. The van der Waals surface area contributed by atoms with Crippen LogP contribution in [0.1, 0.15) is 48.8 Å². The second-order valence-corrected chi connectivity index (χ2v) is 10.4. The SMILES string of the molecule is CC(OCc1ccccc1)C(NC(=O)[C@@H]1CCC[C@@H]1NC(=O)OCC1c2ccccc2-c2ccccc21)C(=O)O. The van der Waals surface area contributed by atoms with E-state index >= 15 is 0 Å². The summed E-state index contributed by atoms with van der Waals surface area (Å²) < 4.78 is 11.4. The number of carbonyl (C=O) groups is 3. The number of nitrogens with one attached hydrogen (secondary N) is 2. The molecule has 3 aromatic rings. The summed E-state index contributed by atoms with van der Waals surface area (Å²) in [7, 11) is 0. The van der Waals surface area contributed by atoms with Crippen LogP contribution >= 0.6 is 0 Å². The molecule has 2 amide bonds. The molecule has 0 aromatic heterocycles. The fourth-order valence-electron chi connectivity index (χ4n) is 5.78. The first kappa shape index (κ1) is 27.4. The Morgan fingerprint density at radius 3 is 2.17 bits per heavy atom. The molecule has 2 unspecified atom stereocenters. The topological polar surface area (TPSA) is 114 Å². The second kappa shape index (κ2) is 12.3. The van der Waals surface area contributed by atoms with Crippen molar-refractivity contribution in [3.05, 3.63) is 95.6 Å². The van der Waals surface area contributed by atoms with Gasteiger partial charge in [0.1, 0.15) is 6.61 Å². The van der Waals surface area contributed by atoms with Crippen LogP contribution in [-0.4, -0.2) is 47.9 Å². The number of fused-ring (bicyclic) bond motifs is 3. The summed E-state index contributed by atoms with van der Waals surface area (Å²) in [6.45, 7) is 2.04. The van der Waals surface area contributed by atoms with Gasteiger partial charge in [0.2, 0.25) is 5.91 Å². The Morgan fingerprint density at radius 1 is 0.900 bits per heavy atom. The summed E-state index contributed by atoms with van der Waals surface area (Å²) in [4.78, 5) is 37.9. The molecule has 0 radical (unpaired) electrons. The number of amides is 2. The first-order valence-electron chi connectivity index (χ1n) is 13.7. The van der Waals surface area contributed by atoms with Gasteiger partial charge >= 0.3 is 12.1 Å². The summed E-state index contributed by atoms with van der Waals surface area (Å²) in [5.41, 5.74) is 5.45. The van der Waals surface area contributed by atoms with Crippen molar-refractivity contribution < 1.29 is 29.0 Å². The number of benzene rings is 3. The van der Waals surface area contributed by atoms with Crippen molar-refractivity contribution in [1.29, 1.82) is 0 Å². The largest absolute Gasteiger partial charge is 0.480 e. The molecule has 0 bridgehead atoms. The molecule has 4 atom stereocenters. The number of aliphatic carboxylic acids is 1. The summed E-state index contributed by atoms with van der Waals surface area (Å²) in [6, 6.07) is 24.0. The van der Waals surface area contributed by atoms with Gasteiger partial charge in [-0.1, -0.05) is 85.3 Å². The van der Waals surface area contributed by atoms with E-state index in [4.69, 9.17) is 9.47 Å². The molecule has 208 valence electrons. The molecule has 1 saturated carbocycles. The first-order valence-corrected chi connectivity index (χ1v) is 13.7. The minimum Gasteiger partial charge on any atom is -0.480 e. The lowest BCUT2D eigenvalue weighted by Gasteiger charge is -2.26. The van der Waals surface area contributed by atoms with Crippen LogP contribution in [0.5, 0.6) is 0 Å². The van der Waals surface area contributed by atoms with Gasteiger partial charge in [0.25, 0.3) is 0 Å². The number of hydrogen-bond donors (Lipinski definition) is 3. The lowest BCUT2D eigenvalue weighted by atomic mass is 9.98. The fraction of sp³-hybridized carbons (Fsp3) is 0.344. The van der Waals surface area contributed by atoms with Crippen LogP contribution in [0.25, 0.3) is 11.1 Å². The van der Waals surface area contributed by atoms with Crippen LogP contribution in [0.2, 0.25) is 0 Å². The molecule has 8 nitrogen and oxygen atoms in total. The molecule has 3 N–H and O–H groups in total. The third-order valence-electron chi connectivity index (χ3n) is 7.89. The highest BCUT2D eigenvalue weighted by Crippen LogP contribution is 2.44. The van der Waals surface area contributed by atoms with E-state index in [9.17, 15) is 19.5 Å². The van der Waals surface area contributed by atoms with E-state index in [1.807, 2.05) is 54.6 Å². The zero-order chi connectivity index (χ0) is 28.1. The molecular formula is C32H34N2O6. The van der Waals surface area contributed by atoms with E-state index in [2.05, 4.69) is 34.9 Å². The van der Waals surface area contributed by atoms with Crippen molar-refractivity contribution in [2.45, 2.75) is 56.9 Å². The quantitative estimate of drug-likeness (QED) is 0.337. The zero-order valence-corrected chi connectivity index (χ0v) is 22.4. The lowest BCUT2D eigenvalue weighted by Crippen LogP contribution is -2.53. The standard InChI is InChI=1S/C32H34N2O6/c1-20(39-18-21-10-3-2-4-11-21)29(31(36)37)34-30(35)26-16-9-17-28(26)33-32(38)40-19-27-24-14-7-5-12-22(24)23-13-6-8-15-25(23)27/h2-8,10-15,20,26-29H,9,16-19H2,1H3,(H,33,38)(H,34,35)(H,36,37)/t20?,26-,28+,29?/m1/s1. The normalized spacial score (nSPS) is 19.2. The number of hydrogen-bond acceptors (Lipinski definition) is 5. The van der Waals surface area contributed by atoms with E-state index in [0.29, 0.717) is 12.8 Å². The zero-order valence-electron chi connectivity index (χ0n) is 22.4. The first-order chi connectivity index (χ1) is 19.4. The predicted octanol–water partition coefficient (Wildman–Crippen LogP) is 4.87. The van der Waals surface area contributed by atoms with Crippen LogP contribution < -0.4 is 10.6 Å². The Bertz CT molecular complexity index is 1310. The Kier molecular flexibility index (Phi) is 8.45. The van der Waals surface area contributed by atoms with Crippen LogP contribution in [0, 0.1) is 5.92 Å². The van der Waals surface area contributed by atoms with Gasteiger partial charge in [-0.05, 0) is 47.6 Å². The van der Waals surface area contributed by atoms with E-state index < -0.39 is 42.1 Å². The van der Waals surface area contributed by atoms with Gasteiger partial charge in [-0.2, -0.15) is 0 Å². The van der Waals surface area contributed by atoms with Crippen molar-refractivity contribution in [1.82, 2.24) is 10.6 Å². The van der Waals surface area contributed by atoms with Gasteiger partial charge in [0.15, 0.2) is 6.04 Å².